The van der Waals surface area contributed by atoms with Crippen LogP contribution in [0.2, 0.25) is 0 Å². The van der Waals surface area contributed by atoms with Crippen LogP contribution in [0.4, 0.5) is 0 Å². The normalized spacial score (nSPS) is 21.2. The SMILES string of the molecule is O=C(NC1CCN(CCCN2C(=O)c3ccccc3C2=O)CC1)C1CC1. The highest BCUT2D eigenvalue weighted by molar-refractivity contribution is 6.21. The van der Waals surface area contributed by atoms with Gasteiger partial charge in [-0.1, -0.05) is 12.1 Å². The Balaban J connectivity index is 1.20. The number of rotatable bonds is 6. The molecule has 0 bridgehead atoms. The molecule has 2 heterocycles. The Labute approximate surface area is 153 Å². The first kappa shape index (κ1) is 17.2. The van der Waals surface area contributed by atoms with Gasteiger partial charge < -0.3 is 10.2 Å². The van der Waals surface area contributed by atoms with Gasteiger partial charge in [0.1, 0.15) is 0 Å². The van der Waals surface area contributed by atoms with Crippen molar-refractivity contribution in [2.24, 2.45) is 5.92 Å². The first-order valence-corrected chi connectivity index (χ1v) is 9.61. The van der Waals surface area contributed by atoms with Crippen molar-refractivity contribution in [1.82, 2.24) is 15.1 Å². The van der Waals surface area contributed by atoms with Gasteiger partial charge in [0.2, 0.25) is 5.91 Å². The molecule has 1 aromatic rings. The van der Waals surface area contributed by atoms with Crippen LogP contribution < -0.4 is 5.32 Å². The highest BCUT2D eigenvalue weighted by atomic mass is 16.2. The second-order valence-corrected chi connectivity index (χ2v) is 7.56. The summed E-state index contributed by atoms with van der Waals surface area (Å²) in [4.78, 5) is 40.3. The molecule has 2 fully saturated rings. The van der Waals surface area contributed by atoms with Gasteiger partial charge in [0.25, 0.3) is 11.8 Å². The fourth-order valence-corrected chi connectivity index (χ4v) is 3.86. The number of carbonyl (C=O) groups is 3. The number of fused-ring (bicyclic) bond motifs is 1. The van der Waals surface area contributed by atoms with E-state index >= 15 is 0 Å². The summed E-state index contributed by atoms with van der Waals surface area (Å²) in [6.45, 7) is 3.25. The molecule has 138 valence electrons. The average molecular weight is 355 g/mol. The molecule has 0 unspecified atom stereocenters. The Morgan fingerprint density at radius 3 is 2.15 bits per heavy atom. The average Bonchev–Trinajstić information content (AvgIpc) is 3.48. The molecule has 3 aliphatic rings. The van der Waals surface area contributed by atoms with E-state index in [1.54, 1.807) is 24.3 Å². The van der Waals surface area contributed by atoms with Crippen molar-refractivity contribution in [3.8, 4) is 0 Å². The quantitative estimate of drug-likeness (QED) is 0.788. The lowest BCUT2D eigenvalue weighted by Crippen LogP contribution is -2.45. The largest absolute Gasteiger partial charge is 0.353 e. The number of amides is 3. The Morgan fingerprint density at radius 1 is 0.962 bits per heavy atom. The number of nitrogens with one attached hydrogen (secondary N) is 1. The van der Waals surface area contributed by atoms with E-state index in [-0.39, 0.29) is 23.6 Å². The maximum absolute atomic E-state index is 12.3. The molecule has 1 saturated carbocycles. The van der Waals surface area contributed by atoms with Crippen molar-refractivity contribution < 1.29 is 14.4 Å². The summed E-state index contributed by atoms with van der Waals surface area (Å²) in [5.41, 5.74) is 1.04. The molecule has 3 amide bonds. The molecule has 1 aromatic carbocycles. The van der Waals surface area contributed by atoms with Crippen LogP contribution in [0, 0.1) is 5.92 Å². The molecule has 6 nitrogen and oxygen atoms in total. The van der Waals surface area contributed by atoms with E-state index in [0.29, 0.717) is 23.7 Å². The summed E-state index contributed by atoms with van der Waals surface area (Å²) in [5.74, 6) is 0.154. The lowest BCUT2D eigenvalue weighted by atomic mass is 10.0. The molecule has 0 aromatic heterocycles. The number of carbonyl (C=O) groups excluding carboxylic acids is 3. The third kappa shape index (κ3) is 3.51. The molecule has 26 heavy (non-hydrogen) atoms. The van der Waals surface area contributed by atoms with Crippen LogP contribution in [0.5, 0.6) is 0 Å². The smallest absolute Gasteiger partial charge is 0.261 e. The number of piperidine rings is 1. The molecule has 0 radical (unpaired) electrons. The number of imide groups is 1. The molecule has 6 heteroatoms. The van der Waals surface area contributed by atoms with E-state index in [0.717, 1.165) is 51.7 Å². The molecule has 0 atom stereocenters. The van der Waals surface area contributed by atoms with E-state index in [2.05, 4.69) is 10.2 Å². The predicted octanol–water partition coefficient (Wildman–Crippen LogP) is 1.66. The van der Waals surface area contributed by atoms with Crippen LogP contribution in [0.15, 0.2) is 24.3 Å². The zero-order chi connectivity index (χ0) is 18.1. The highest BCUT2D eigenvalue weighted by Crippen LogP contribution is 2.29. The molecule has 1 N–H and O–H groups in total. The lowest BCUT2D eigenvalue weighted by molar-refractivity contribution is -0.123. The minimum Gasteiger partial charge on any atom is -0.353 e. The predicted molar refractivity (Wildman–Crippen MR) is 96.8 cm³/mol. The van der Waals surface area contributed by atoms with Gasteiger partial charge in [-0.3, -0.25) is 19.3 Å². The van der Waals surface area contributed by atoms with Gasteiger partial charge >= 0.3 is 0 Å². The summed E-state index contributed by atoms with van der Waals surface area (Å²) >= 11 is 0. The maximum Gasteiger partial charge on any atom is 0.261 e. The Morgan fingerprint density at radius 2 is 1.58 bits per heavy atom. The summed E-state index contributed by atoms with van der Waals surface area (Å²) in [7, 11) is 0. The van der Waals surface area contributed by atoms with Crippen LogP contribution in [0.1, 0.15) is 52.8 Å². The number of nitrogens with zero attached hydrogens (tertiary/aromatic N) is 2. The van der Waals surface area contributed by atoms with Gasteiger partial charge in [0, 0.05) is 31.6 Å². The van der Waals surface area contributed by atoms with Crippen LogP contribution in [-0.2, 0) is 4.79 Å². The van der Waals surface area contributed by atoms with Crippen LogP contribution >= 0.6 is 0 Å². The number of benzene rings is 1. The van der Waals surface area contributed by atoms with E-state index in [1.165, 1.54) is 4.90 Å². The molecule has 1 aliphatic carbocycles. The van der Waals surface area contributed by atoms with Crippen LogP contribution in [0.25, 0.3) is 0 Å². The van der Waals surface area contributed by atoms with Crippen LogP contribution in [0.3, 0.4) is 0 Å². The van der Waals surface area contributed by atoms with E-state index < -0.39 is 0 Å². The van der Waals surface area contributed by atoms with Gasteiger partial charge in [0.15, 0.2) is 0 Å². The molecular weight excluding hydrogens is 330 g/mol. The second-order valence-electron chi connectivity index (χ2n) is 7.56. The fraction of sp³-hybridized carbons (Fsp3) is 0.550. The van der Waals surface area contributed by atoms with Crippen molar-refractivity contribution >= 4 is 17.7 Å². The first-order chi connectivity index (χ1) is 12.6. The van der Waals surface area contributed by atoms with Crippen molar-refractivity contribution in [2.45, 2.75) is 38.1 Å². The summed E-state index contributed by atoms with van der Waals surface area (Å²) in [6.07, 6.45) is 4.83. The van der Waals surface area contributed by atoms with Crippen molar-refractivity contribution in [1.29, 1.82) is 0 Å². The topological polar surface area (TPSA) is 69.7 Å². The summed E-state index contributed by atoms with van der Waals surface area (Å²) < 4.78 is 0. The van der Waals surface area contributed by atoms with Crippen LogP contribution in [-0.4, -0.2) is 59.7 Å². The van der Waals surface area contributed by atoms with E-state index in [9.17, 15) is 14.4 Å². The standard InChI is InChI=1S/C20H25N3O3/c24-18(14-6-7-14)21-15-8-12-22(13-9-15)10-3-11-23-19(25)16-4-1-2-5-17(16)20(23)26/h1-2,4-5,14-15H,3,6-13H2,(H,21,24). The molecule has 2 aliphatic heterocycles. The second kappa shape index (κ2) is 7.19. The monoisotopic (exact) mass is 355 g/mol. The number of likely N-dealkylation sites (tertiary alicyclic amines) is 1. The zero-order valence-corrected chi connectivity index (χ0v) is 14.9. The van der Waals surface area contributed by atoms with Gasteiger partial charge in [-0.25, -0.2) is 0 Å². The van der Waals surface area contributed by atoms with Gasteiger partial charge in [-0.2, -0.15) is 0 Å². The third-order valence-corrected chi connectivity index (χ3v) is 5.62. The van der Waals surface area contributed by atoms with Gasteiger partial charge in [0.05, 0.1) is 11.1 Å². The van der Waals surface area contributed by atoms with E-state index in [4.69, 9.17) is 0 Å². The minimum absolute atomic E-state index is 0.174. The van der Waals surface area contributed by atoms with Crippen molar-refractivity contribution in [2.75, 3.05) is 26.2 Å². The fourth-order valence-electron chi connectivity index (χ4n) is 3.86. The summed E-state index contributed by atoms with van der Waals surface area (Å²) in [6, 6.07) is 7.32. The van der Waals surface area contributed by atoms with Gasteiger partial charge in [-0.15, -0.1) is 0 Å². The summed E-state index contributed by atoms with van der Waals surface area (Å²) in [5, 5.41) is 3.16. The van der Waals surface area contributed by atoms with Gasteiger partial charge in [-0.05, 0) is 50.8 Å². The molecular formula is C20H25N3O3. The number of hydrogen-bond acceptors (Lipinski definition) is 4. The van der Waals surface area contributed by atoms with Crippen molar-refractivity contribution in [3.63, 3.8) is 0 Å². The first-order valence-electron chi connectivity index (χ1n) is 9.61. The lowest BCUT2D eigenvalue weighted by Gasteiger charge is -2.32. The molecule has 1 saturated heterocycles. The van der Waals surface area contributed by atoms with Crippen molar-refractivity contribution in [3.05, 3.63) is 35.4 Å². The van der Waals surface area contributed by atoms with E-state index in [1.807, 2.05) is 0 Å². The minimum atomic E-state index is -0.174. The zero-order valence-electron chi connectivity index (χ0n) is 14.9. The Kier molecular flexibility index (Phi) is 4.76. The third-order valence-electron chi connectivity index (χ3n) is 5.62. The Bertz CT molecular complexity index is 686. The molecule has 0 spiro atoms. The number of hydrogen-bond donors (Lipinski definition) is 1. The highest BCUT2D eigenvalue weighted by Gasteiger charge is 2.35. The molecule has 4 rings (SSSR count). The Hall–Kier alpha value is -2.21. The maximum atomic E-state index is 12.3.